The van der Waals surface area contributed by atoms with Gasteiger partial charge < -0.3 is 5.73 Å². The molecule has 2 rings (SSSR count). The van der Waals surface area contributed by atoms with E-state index in [1.807, 2.05) is 0 Å². The van der Waals surface area contributed by atoms with Crippen LogP contribution >= 0.6 is 0 Å². The molecule has 18 heavy (non-hydrogen) atoms. The zero-order valence-electron chi connectivity index (χ0n) is 10.7. The highest BCUT2D eigenvalue weighted by molar-refractivity contribution is 7.89. The van der Waals surface area contributed by atoms with E-state index in [4.69, 9.17) is 5.73 Å². The summed E-state index contributed by atoms with van der Waals surface area (Å²) >= 11 is 0. The molecule has 1 aromatic rings. The van der Waals surface area contributed by atoms with Crippen molar-refractivity contribution in [1.82, 2.24) is 9.29 Å². The SMILES string of the molecule is CC1(C)CCN(S(=O)(=O)c2ccccn2)CC1N. The van der Waals surface area contributed by atoms with Crippen molar-refractivity contribution < 1.29 is 8.42 Å². The zero-order chi connectivity index (χ0) is 13.4. The van der Waals surface area contributed by atoms with Crippen molar-refractivity contribution in [1.29, 1.82) is 0 Å². The van der Waals surface area contributed by atoms with E-state index in [1.54, 1.807) is 12.1 Å². The van der Waals surface area contributed by atoms with E-state index in [9.17, 15) is 8.42 Å². The summed E-state index contributed by atoms with van der Waals surface area (Å²) in [7, 11) is -3.50. The second-order valence-corrected chi connectivity index (χ2v) is 7.26. The average molecular weight is 269 g/mol. The van der Waals surface area contributed by atoms with Crippen molar-refractivity contribution >= 4 is 10.0 Å². The van der Waals surface area contributed by atoms with E-state index in [2.05, 4.69) is 18.8 Å². The minimum atomic E-state index is -3.50. The number of pyridine rings is 1. The molecule has 0 amide bonds. The Balaban J connectivity index is 2.24. The van der Waals surface area contributed by atoms with Crippen molar-refractivity contribution in [2.24, 2.45) is 11.1 Å². The Morgan fingerprint density at radius 3 is 2.72 bits per heavy atom. The Hall–Kier alpha value is -0.980. The van der Waals surface area contributed by atoms with Gasteiger partial charge in [-0.25, -0.2) is 13.4 Å². The molecule has 6 heteroatoms. The molecule has 1 fully saturated rings. The smallest absolute Gasteiger partial charge is 0.260 e. The predicted molar refractivity (Wildman–Crippen MR) is 69.4 cm³/mol. The molecule has 5 nitrogen and oxygen atoms in total. The third-order valence-corrected chi connectivity index (χ3v) is 5.43. The van der Waals surface area contributed by atoms with Crippen LogP contribution in [-0.4, -0.2) is 36.8 Å². The lowest BCUT2D eigenvalue weighted by molar-refractivity contribution is 0.161. The van der Waals surface area contributed by atoms with Crippen LogP contribution in [-0.2, 0) is 10.0 Å². The van der Waals surface area contributed by atoms with E-state index < -0.39 is 10.0 Å². The van der Waals surface area contributed by atoms with Gasteiger partial charge in [0, 0.05) is 25.3 Å². The molecule has 1 aliphatic rings. The van der Waals surface area contributed by atoms with Crippen molar-refractivity contribution in [3.05, 3.63) is 24.4 Å². The first-order valence-corrected chi connectivity index (χ1v) is 7.45. The molecule has 0 radical (unpaired) electrons. The molecule has 0 aromatic carbocycles. The van der Waals surface area contributed by atoms with Crippen LogP contribution in [0.1, 0.15) is 20.3 Å². The summed E-state index contributed by atoms with van der Waals surface area (Å²) in [6.45, 7) is 5.00. The number of rotatable bonds is 2. The van der Waals surface area contributed by atoms with Crippen molar-refractivity contribution in [3.8, 4) is 0 Å². The van der Waals surface area contributed by atoms with Crippen LogP contribution in [0.15, 0.2) is 29.4 Å². The summed E-state index contributed by atoms with van der Waals surface area (Å²) in [6.07, 6.45) is 2.25. The van der Waals surface area contributed by atoms with Crippen LogP contribution in [0.5, 0.6) is 0 Å². The molecule has 100 valence electrons. The number of hydrogen-bond acceptors (Lipinski definition) is 4. The fourth-order valence-corrected chi connectivity index (χ4v) is 3.40. The van der Waals surface area contributed by atoms with E-state index in [1.165, 1.54) is 16.6 Å². The predicted octanol–water partition coefficient (Wildman–Crippen LogP) is 0.830. The maximum atomic E-state index is 12.4. The van der Waals surface area contributed by atoms with Gasteiger partial charge >= 0.3 is 0 Å². The molecule has 2 N–H and O–H groups in total. The van der Waals surface area contributed by atoms with Gasteiger partial charge in [-0.3, -0.25) is 0 Å². The van der Waals surface area contributed by atoms with Crippen LogP contribution in [0.25, 0.3) is 0 Å². The Morgan fingerprint density at radius 1 is 1.44 bits per heavy atom. The highest BCUT2D eigenvalue weighted by Crippen LogP contribution is 2.31. The fraction of sp³-hybridized carbons (Fsp3) is 0.583. The summed E-state index contributed by atoms with van der Waals surface area (Å²) in [5.41, 5.74) is 6.03. The molecule has 0 aliphatic carbocycles. The Bertz CT molecular complexity index is 513. The first-order chi connectivity index (χ1) is 8.34. The van der Waals surface area contributed by atoms with Gasteiger partial charge in [-0.2, -0.15) is 4.31 Å². The van der Waals surface area contributed by atoms with Crippen LogP contribution in [0.3, 0.4) is 0 Å². The first-order valence-electron chi connectivity index (χ1n) is 6.01. The normalized spacial score (nSPS) is 24.9. The number of nitrogens with two attached hydrogens (primary N) is 1. The standard InChI is InChI=1S/C12H19N3O2S/c1-12(2)6-8-15(9-10(12)13)18(16,17)11-5-3-4-7-14-11/h3-5,7,10H,6,8-9,13H2,1-2H3. The highest BCUT2D eigenvalue weighted by Gasteiger charge is 2.38. The second kappa shape index (κ2) is 4.60. The maximum absolute atomic E-state index is 12.4. The van der Waals surface area contributed by atoms with Gasteiger partial charge in [-0.05, 0) is 24.0 Å². The topological polar surface area (TPSA) is 76.3 Å². The number of sulfonamides is 1. The number of piperidine rings is 1. The first kappa shape index (κ1) is 13.5. The van der Waals surface area contributed by atoms with Crippen LogP contribution in [0, 0.1) is 5.41 Å². The van der Waals surface area contributed by atoms with Gasteiger partial charge in [-0.1, -0.05) is 19.9 Å². The minimum Gasteiger partial charge on any atom is -0.326 e. The lowest BCUT2D eigenvalue weighted by Gasteiger charge is -2.41. The second-order valence-electron chi connectivity index (χ2n) is 5.38. The summed E-state index contributed by atoms with van der Waals surface area (Å²) in [4.78, 5) is 3.92. The third-order valence-electron chi connectivity index (χ3n) is 3.65. The summed E-state index contributed by atoms with van der Waals surface area (Å²) in [5.74, 6) is 0. The number of aromatic nitrogens is 1. The molecule has 1 aromatic heterocycles. The molecule has 0 saturated carbocycles. The number of nitrogens with zero attached hydrogens (tertiary/aromatic N) is 2. The molecular formula is C12H19N3O2S. The quantitative estimate of drug-likeness (QED) is 0.862. The van der Waals surface area contributed by atoms with E-state index in [0.717, 1.165) is 6.42 Å². The van der Waals surface area contributed by atoms with E-state index >= 15 is 0 Å². The molecule has 1 unspecified atom stereocenters. The molecule has 1 aliphatic heterocycles. The third kappa shape index (κ3) is 2.41. The lowest BCUT2D eigenvalue weighted by Crippen LogP contribution is -2.54. The van der Waals surface area contributed by atoms with Crippen LogP contribution < -0.4 is 5.73 Å². The number of hydrogen-bond donors (Lipinski definition) is 1. The summed E-state index contributed by atoms with van der Waals surface area (Å²) in [6, 6.07) is 4.74. The highest BCUT2D eigenvalue weighted by atomic mass is 32.2. The van der Waals surface area contributed by atoms with Gasteiger partial charge in [0.05, 0.1) is 0 Å². The van der Waals surface area contributed by atoms with E-state index in [-0.39, 0.29) is 16.5 Å². The van der Waals surface area contributed by atoms with Crippen molar-refractivity contribution in [2.75, 3.05) is 13.1 Å². The summed E-state index contributed by atoms with van der Waals surface area (Å²) in [5, 5.41) is 0.0944. The molecule has 1 saturated heterocycles. The monoisotopic (exact) mass is 269 g/mol. The van der Waals surface area contributed by atoms with Crippen LogP contribution in [0.2, 0.25) is 0 Å². The van der Waals surface area contributed by atoms with Crippen molar-refractivity contribution in [3.63, 3.8) is 0 Å². The molecule has 1 atom stereocenters. The lowest BCUT2D eigenvalue weighted by atomic mass is 9.79. The minimum absolute atomic E-state index is 0.0177. The maximum Gasteiger partial charge on any atom is 0.260 e. The summed E-state index contributed by atoms with van der Waals surface area (Å²) < 4.78 is 26.1. The Labute approximate surface area is 108 Å². The molecule has 0 spiro atoms. The van der Waals surface area contributed by atoms with E-state index in [0.29, 0.717) is 13.1 Å². The van der Waals surface area contributed by atoms with Gasteiger partial charge in [0.1, 0.15) is 0 Å². The zero-order valence-corrected chi connectivity index (χ0v) is 11.5. The fourth-order valence-electron chi connectivity index (χ4n) is 2.01. The van der Waals surface area contributed by atoms with Gasteiger partial charge in [0.15, 0.2) is 5.03 Å². The molecular weight excluding hydrogens is 250 g/mol. The van der Waals surface area contributed by atoms with Crippen LogP contribution in [0.4, 0.5) is 0 Å². The molecule has 2 heterocycles. The largest absolute Gasteiger partial charge is 0.326 e. The Kier molecular flexibility index (Phi) is 3.44. The van der Waals surface area contributed by atoms with Gasteiger partial charge in [0.2, 0.25) is 0 Å². The van der Waals surface area contributed by atoms with Gasteiger partial charge in [-0.15, -0.1) is 0 Å². The van der Waals surface area contributed by atoms with Crippen molar-refractivity contribution in [2.45, 2.75) is 31.3 Å². The average Bonchev–Trinajstić information content (AvgIpc) is 2.33. The van der Waals surface area contributed by atoms with Gasteiger partial charge in [0.25, 0.3) is 10.0 Å². The Morgan fingerprint density at radius 2 is 2.17 bits per heavy atom. The molecule has 0 bridgehead atoms.